The maximum Gasteiger partial charge on any atom is 0.253 e. The Morgan fingerprint density at radius 1 is 0.919 bits per heavy atom. The maximum atomic E-state index is 13.7. The van der Waals surface area contributed by atoms with Crippen LogP contribution < -0.4 is 10.2 Å². The van der Waals surface area contributed by atoms with Gasteiger partial charge in [0.2, 0.25) is 0 Å². The monoisotopic (exact) mass is 511 g/mol. The van der Waals surface area contributed by atoms with Crippen molar-refractivity contribution in [2.24, 2.45) is 17.8 Å². The molecule has 1 N–H and O–H groups in total. The number of fused-ring (bicyclic) bond motifs is 7. The molecule has 2 bridgehead atoms. The standard InChI is InChI=1S/C32H34ClN3O/c1-20-7-11-25(33)19-28(20)35-13-15-36(16-14-35)32(37)24-10-12-27-26(18-24)29-22-8-9-23(17-22)30(29)31(34-27)21-5-3-2-4-6-21/h2-7,10-12,18-19,22-23,29-31,34H,8-9,13-17H2,1H3/t22-,23-,29-,30-,31-/m0/s1. The summed E-state index contributed by atoms with van der Waals surface area (Å²) in [5, 5.41) is 4.67. The quantitative estimate of drug-likeness (QED) is 0.415. The molecule has 0 radical (unpaired) electrons. The highest BCUT2D eigenvalue weighted by Gasteiger charge is 2.53. The van der Waals surface area contributed by atoms with Crippen LogP contribution in [0.4, 0.5) is 11.4 Å². The molecule has 2 aliphatic carbocycles. The number of piperazine rings is 1. The van der Waals surface area contributed by atoms with Gasteiger partial charge < -0.3 is 15.1 Å². The number of halogens is 1. The first-order valence-corrected chi connectivity index (χ1v) is 14.2. The molecule has 3 aromatic carbocycles. The lowest BCUT2D eigenvalue weighted by atomic mass is 9.68. The van der Waals surface area contributed by atoms with Crippen molar-refractivity contribution in [3.05, 3.63) is 94.0 Å². The van der Waals surface area contributed by atoms with Crippen LogP contribution >= 0.6 is 11.6 Å². The van der Waals surface area contributed by atoms with Crippen molar-refractivity contribution in [2.75, 3.05) is 36.4 Å². The molecule has 190 valence electrons. The molecule has 4 nitrogen and oxygen atoms in total. The van der Waals surface area contributed by atoms with Crippen molar-refractivity contribution >= 4 is 28.9 Å². The average molecular weight is 512 g/mol. The van der Waals surface area contributed by atoms with Gasteiger partial charge >= 0.3 is 0 Å². The zero-order valence-corrected chi connectivity index (χ0v) is 22.1. The van der Waals surface area contributed by atoms with E-state index >= 15 is 0 Å². The van der Waals surface area contributed by atoms with Crippen LogP contribution in [0, 0.1) is 24.7 Å². The summed E-state index contributed by atoms with van der Waals surface area (Å²) in [6, 6.07) is 23.8. The van der Waals surface area contributed by atoms with E-state index in [1.807, 2.05) is 23.1 Å². The lowest BCUT2D eigenvalue weighted by Crippen LogP contribution is -2.49. The lowest BCUT2D eigenvalue weighted by Gasteiger charge is -2.44. The van der Waals surface area contributed by atoms with E-state index in [9.17, 15) is 4.79 Å². The molecule has 7 rings (SSSR count). The molecule has 3 fully saturated rings. The second-order valence-electron chi connectivity index (χ2n) is 11.5. The largest absolute Gasteiger partial charge is 0.378 e. The van der Waals surface area contributed by atoms with Crippen LogP contribution in [0.15, 0.2) is 66.7 Å². The van der Waals surface area contributed by atoms with E-state index in [2.05, 4.69) is 65.7 Å². The average Bonchev–Trinajstić information content (AvgIpc) is 3.57. The third-order valence-electron chi connectivity index (χ3n) is 9.57. The molecule has 0 aromatic heterocycles. The van der Waals surface area contributed by atoms with E-state index in [1.165, 1.54) is 47.3 Å². The van der Waals surface area contributed by atoms with Crippen LogP contribution in [0.5, 0.6) is 0 Å². The molecule has 2 heterocycles. The number of benzene rings is 3. The number of rotatable bonds is 3. The summed E-state index contributed by atoms with van der Waals surface area (Å²) >= 11 is 6.26. The Labute approximate surface area is 224 Å². The van der Waals surface area contributed by atoms with Gasteiger partial charge in [-0.2, -0.15) is 0 Å². The van der Waals surface area contributed by atoms with Crippen molar-refractivity contribution in [3.8, 4) is 0 Å². The molecule has 3 aromatic rings. The Balaban J connectivity index is 1.13. The fourth-order valence-corrected chi connectivity index (χ4v) is 8.03. The third kappa shape index (κ3) is 3.92. The smallest absolute Gasteiger partial charge is 0.253 e. The summed E-state index contributed by atoms with van der Waals surface area (Å²) in [6.45, 7) is 5.23. The summed E-state index contributed by atoms with van der Waals surface area (Å²) < 4.78 is 0. The number of nitrogens with one attached hydrogen (secondary N) is 1. The predicted molar refractivity (Wildman–Crippen MR) is 151 cm³/mol. The second-order valence-corrected chi connectivity index (χ2v) is 11.9. The van der Waals surface area contributed by atoms with E-state index in [4.69, 9.17) is 11.6 Å². The molecular formula is C32H34ClN3O. The first-order chi connectivity index (χ1) is 18.1. The van der Waals surface area contributed by atoms with Crippen molar-refractivity contribution in [1.29, 1.82) is 0 Å². The van der Waals surface area contributed by atoms with Gasteiger partial charge in [0.15, 0.2) is 0 Å². The van der Waals surface area contributed by atoms with Gasteiger partial charge in [-0.05, 0) is 96.9 Å². The highest BCUT2D eigenvalue weighted by molar-refractivity contribution is 6.30. The molecule has 0 spiro atoms. The first-order valence-electron chi connectivity index (χ1n) is 13.8. The van der Waals surface area contributed by atoms with Gasteiger partial charge in [-0.1, -0.05) is 48.0 Å². The Morgan fingerprint density at radius 2 is 1.70 bits per heavy atom. The zero-order valence-electron chi connectivity index (χ0n) is 21.4. The molecule has 5 atom stereocenters. The lowest BCUT2D eigenvalue weighted by molar-refractivity contribution is 0.0746. The summed E-state index contributed by atoms with van der Waals surface area (Å²) in [7, 11) is 0. The van der Waals surface area contributed by atoms with Gasteiger partial charge in [-0.25, -0.2) is 0 Å². The SMILES string of the molecule is Cc1ccc(Cl)cc1N1CCN(C(=O)c2ccc3c(c2)[C@@H]2[C@H]4CC[C@@H](C4)[C@@H]2[C@H](c2ccccc2)N3)CC1. The van der Waals surface area contributed by atoms with Gasteiger partial charge in [0, 0.05) is 48.1 Å². The maximum absolute atomic E-state index is 13.7. The molecule has 4 aliphatic rings. The number of hydrogen-bond acceptors (Lipinski definition) is 3. The van der Waals surface area contributed by atoms with Gasteiger partial charge in [0.1, 0.15) is 0 Å². The summed E-state index contributed by atoms with van der Waals surface area (Å²) in [5.74, 6) is 2.86. The Bertz CT molecular complexity index is 1330. The van der Waals surface area contributed by atoms with E-state index in [1.54, 1.807) is 0 Å². The van der Waals surface area contributed by atoms with Crippen molar-refractivity contribution < 1.29 is 4.79 Å². The number of carbonyl (C=O) groups excluding carboxylic acids is 1. The molecule has 2 saturated carbocycles. The van der Waals surface area contributed by atoms with Crippen LogP contribution in [0.25, 0.3) is 0 Å². The molecule has 2 aliphatic heterocycles. The Morgan fingerprint density at radius 3 is 2.51 bits per heavy atom. The van der Waals surface area contributed by atoms with E-state index in [-0.39, 0.29) is 5.91 Å². The minimum absolute atomic E-state index is 0.162. The minimum Gasteiger partial charge on any atom is -0.378 e. The fraction of sp³-hybridized carbons (Fsp3) is 0.406. The predicted octanol–water partition coefficient (Wildman–Crippen LogP) is 6.91. The molecule has 5 heteroatoms. The molecule has 1 saturated heterocycles. The minimum atomic E-state index is 0.162. The van der Waals surface area contributed by atoms with Crippen molar-refractivity contribution in [1.82, 2.24) is 4.90 Å². The topological polar surface area (TPSA) is 35.6 Å². The van der Waals surface area contributed by atoms with Crippen LogP contribution in [-0.2, 0) is 0 Å². The third-order valence-corrected chi connectivity index (χ3v) is 9.81. The first kappa shape index (κ1) is 23.2. The van der Waals surface area contributed by atoms with E-state index in [0.717, 1.165) is 48.6 Å². The normalized spacial score (nSPS) is 28.0. The summed E-state index contributed by atoms with van der Waals surface area (Å²) in [4.78, 5) is 18.0. The second kappa shape index (κ2) is 9.09. The van der Waals surface area contributed by atoms with Gasteiger partial charge in [0.05, 0.1) is 6.04 Å². The highest BCUT2D eigenvalue weighted by atomic mass is 35.5. The van der Waals surface area contributed by atoms with Crippen molar-refractivity contribution in [3.63, 3.8) is 0 Å². The number of nitrogens with zero attached hydrogens (tertiary/aromatic N) is 2. The van der Waals surface area contributed by atoms with E-state index in [0.29, 0.717) is 17.9 Å². The van der Waals surface area contributed by atoms with Crippen LogP contribution in [0.1, 0.15) is 58.3 Å². The number of amides is 1. The fourth-order valence-electron chi connectivity index (χ4n) is 7.87. The highest BCUT2D eigenvalue weighted by Crippen LogP contribution is 2.63. The van der Waals surface area contributed by atoms with Crippen LogP contribution in [-0.4, -0.2) is 37.0 Å². The Kier molecular flexibility index (Phi) is 5.69. The Hall–Kier alpha value is -2.98. The number of anilines is 2. The molecule has 0 unspecified atom stereocenters. The zero-order chi connectivity index (χ0) is 25.1. The van der Waals surface area contributed by atoms with E-state index < -0.39 is 0 Å². The number of carbonyl (C=O) groups is 1. The van der Waals surface area contributed by atoms with Crippen molar-refractivity contribution in [2.45, 2.75) is 38.1 Å². The molecular weight excluding hydrogens is 478 g/mol. The molecule has 1 amide bonds. The van der Waals surface area contributed by atoms with Crippen LogP contribution in [0.3, 0.4) is 0 Å². The summed E-state index contributed by atoms with van der Waals surface area (Å²) in [5.41, 5.74) is 7.23. The van der Waals surface area contributed by atoms with Gasteiger partial charge in [0.25, 0.3) is 5.91 Å². The number of hydrogen-bond donors (Lipinski definition) is 1. The van der Waals surface area contributed by atoms with Gasteiger partial charge in [-0.3, -0.25) is 4.79 Å². The number of aryl methyl sites for hydroxylation is 1. The van der Waals surface area contributed by atoms with Crippen LogP contribution in [0.2, 0.25) is 5.02 Å². The summed E-state index contributed by atoms with van der Waals surface area (Å²) in [6.07, 6.45) is 4.01. The molecule has 37 heavy (non-hydrogen) atoms. The van der Waals surface area contributed by atoms with Gasteiger partial charge in [-0.15, -0.1) is 0 Å².